The molecule has 6 rings (SSSR count). The summed E-state index contributed by atoms with van der Waals surface area (Å²) in [7, 11) is 1.68. The molecule has 2 aromatic carbocycles. The molecule has 0 bridgehead atoms. The molecular formula is C34H37N9O7. The number of carboxylic acids is 2. The molecule has 2 aromatic heterocycles. The third kappa shape index (κ3) is 9.58. The van der Waals surface area contributed by atoms with Crippen molar-refractivity contribution in [3.63, 3.8) is 0 Å². The van der Waals surface area contributed by atoms with E-state index in [1.54, 1.807) is 30.3 Å². The van der Waals surface area contributed by atoms with Crippen molar-refractivity contribution in [3.05, 3.63) is 78.4 Å². The number of nitrogens with zero attached hydrogens (tertiary/aromatic N) is 8. The summed E-state index contributed by atoms with van der Waals surface area (Å²) < 4.78 is 18.7. The maximum atomic E-state index is 9.58. The molecule has 0 amide bonds. The zero-order valence-electron chi connectivity index (χ0n) is 27.5. The molecule has 0 aliphatic carbocycles. The Balaban J connectivity index is 0.000000544. The number of benzene rings is 2. The number of piperidine rings is 1. The van der Waals surface area contributed by atoms with Crippen molar-refractivity contribution in [2.24, 2.45) is 0 Å². The van der Waals surface area contributed by atoms with E-state index in [0.717, 1.165) is 61.7 Å². The minimum atomic E-state index is -1.26. The first-order chi connectivity index (χ1) is 24.2. The first-order valence-electron chi connectivity index (χ1n) is 15.9. The lowest BCUT2D eigenvalue weighted by molar-refractivity contribution is -0.134. The van der Waals surface area contributed by atoms with E-state index >= 15 is 0 Å². The molecule has 1 atom stereocenters. The van der Waals surface area contributed by atoms with Gasteiger partial charge < -0.3 is 29.7 Å². The van der Waals surface area contributed by atoms with Crippen molar-refractivity contribution in [2.75, 3.05) is 38.7 Å². The Morgan fingerprint density at radius 1 is 1.06 bits per heavy atom. The summed E-state index contributed by atoms with van der Waals surface area (Å²) in [6, 6.07) is 14.5. The van der Waals surface area contributed by atoms with Crippen molar-refractivity contribution in [2.45, 2.75) is 44.4 Å². The van der Waals surface area contributed by atoms with Gasteiger partial charge in [-0.1, -0.05) is 12.1 Å². The number of carboxylic acid groups (broad SMARTS) is 2. The van der Waals surface area contributed by atoms with Crippen molar-refractivity contribution in [3.8, 4) is 28.7 Å². The third-order valence-corrected chi connectivity index (χ3v) is 8.23. The fourth-order valence-electron chi connectivity index (χ4n) is 5.57. The Morgan fingerprint density at radius 2 is 1.78 bits per heavy atom. The molecule has 260 valence electrons. The number of methoxy groups -OCH3 is 1. The van der Waals surface area contributed by atoms with Crippen LogP contribution >= 0.6 is 0 Å². The summed E-state index contributed by atoms with van der Waals surface area (Å²) >= 11 is 0. The van der Waals surface area contributed by atoms with Gasteiger partial charge in [-0.25, -0.2) is 24.2 Å². The Bertz CT molecular complexity index is 1800. The highest BCUT2D eigenvalue weighted by Gasteiger charge is 2.30. The van der Waals surface area contributed by atoms with Gasteiger partial charge in [-0.15, -0.1) is 5.10 Å². The average Bonchev–Trinajstić information content (AvgIpc) is 3.60. The molecule has 4 aromatic rings. The molecule has 1 unspecified atom stereocenters. The summed E-state index contributed by atoms with van der Waals surface area (Å²) in [4.78, 5) is 30.7. The molecule has 4 heterocycles. The van der Waals surface area contributed by atoms with E-state index in [-0.39, 0.29) is 6.10 Å². The fourth-order valence-corrected chi connectivity index (χ4v) is 5.57. The molecule has 16 nitrogen and oxygen atoms in total. The molecule has 16 heteroatoms. The Morgan fingerprint density at radius 3 is 2.36 bits per heavy atom. The van der Waals surface area contributed by atoms with Crippen molar-refractivity contribution >= 4 is 23.6 Å². The van der Waals surface area contributed by atoms with Gasteiger partial charge in [0.25, 0.3) is 0 Å². The monoisotopic (exact) mass is 683 g/mol. The number of anilines is 2. The highest BCUT2D eigenvalue weighted by molar-refractivity contribution is 5.89. The zero-order chi connectivity index (χ0) is 35.5. The summed E-state index contributed by atoms with van der Waals surface area (Å²) in [5.74, 6) is -0.296. The van der Waals surface area contributed by atoms with Crippen molar-refractivity contribution < 1.29 is 34.0 Å². The van der Waals surface area contributed by atoms with Crippen LogP contribution < -0.4 is 14.8 Å². The van der Waals surface area contributed by atoms with E-state index in [1.165, 1.54) is 11.9 Å². The van der Waals surface area contributed by atoms with E-state index < -0.39 is 11.9 Å². The Kier molecular flexibility index (Phi) is 12.0. The third-order valence-electron chi connectivity index (χ3n) is 8.23. The molecule has 3 N–H and O–H groups in total. The van der Waals surface area contributed by atoms with Crippen LogP contribution in [0.4, 0.5) is 11.6 Å². The van der Waals surface area contributed by atoms with Gasteiger partial charge in [0.2, 0.25) is 5.95 Å². The summed E-state index contributed by atoms with van der Waals surface area (Å²) in [6.07, 6.45) is 8.14. The second-order valence-electron chi connectivity index (χ2n) is 11.7. The van der Waals surface area contributed by atoms with Gasteiger partial charge in [-0.05, 0) is 84.6 Å². The second-order valence-corrected chi connectivity index (χ2v) is 11.7. The smallest absolute Gasteiger partial charge is 0.328 e. The minimum Gasteiger partial charge on any atom is -0.495 e. The topological polar surface area (TPSA) is 211 Å². The molecule has 0 spiro atoms. The molecular weight excluding hydrogens is 646 g/mol. The van der Waals surface area contributed by atoms with Crippen LogP contribution in [-0.2, 0) is 20.9 Å². The summed E-state index contributed by atoms with van der Waals surface area (Å²) in [6.45, 7) is 6.30. The van der Waals surface area contributed by atoms with Gasteiger partial charge in [0, 0.05) is 30.1 Å². The summed E-state index contributed by atoms with van der Waals surface area (Å²) in [5.41, 5.74) is 4.18. The number of aliphatic carboxylic acids is 2. The number of likely N-dealkylation sites (tertiary alicyclic amines) is 1. The molecule has 2 fully saturated rings. The fraction of sp³-hybridized carbons (Fsp3) is 0.353. The number of nitrogens with one attached hydrogen (secondary N) is 1. The molecule has 0 radical (unpaired) electrons. The Hall–Kier alpha value is -5.92. The van der Waals surface area contributed by atoms with Gasteiger partial charge in [0.15, 0.2) is 0 Å². The number of hydrogen-bond donors (Lipinski definition) is 3. The maximum Gasteiger partial charge on any atom is 0.328 e. The molecule has 2 aliphatic rings. The van der Waals surface area contributed by atoms with Crippen LogP contribution in [0.2, 0.25) is 0 Å². The second kappa shape index (κ2) is 17.0. The van der Waals surface area contributed by atoms with Gasteiger partial charge in [0.1, 0.15) is 30.0 Å². The number of carbonyl (C=O) groups is 2. The van der Waals surface area contributed by atoms with E-state index in [2.05, 4.69) is 53.9 Å². The number of nitriles is 1. The summed E-state index contributed by atoms with van der Waals surface area (Å²) in [5, 5.41) is 39.6. The predicted octanol–water partition coefficient (Wildman–Crippen LogP) is 3.51. The maximum absolute atomic E-state index is 9.58. The van der Waals surface area contributed by atoms with Crippen LogP contribution in [-0.4, -0.2) is 103 Å². The van der Waals surface area contributed by atoms with Gasteiger partial charge >= 0.3 is 11.9 Å². The van der Waals surface area contributed by atoms with Crippen LogP contribution in [0, 0.1) is 11.3 Å². The average molecular weight is 684 g/mol. The molecule has 2 aliphatic heterocycles. The predicted molar refractivity (Wildman–Crippen MR) is 179 cm³/mol. The number of aromatic nitrogens is 6. The number of tetrazole rings is 1. The molecule has 0 saturated carbocycles. The van der Waals surface area contributed by atoms with E-state index in [1.807, 2.05) is 25.1 Å². The van der Waals surface area contributed by atoms with Gasteiger partial charge in [-0.3, -0.25) is 4.90 Å². The van der Waals surface area contributed by atoms with E-state index in [0.29, 0.717) is 47.9 Å². The molecule has 50 heavy (non-hydrogen) atoms. The number of rotatable bonds is 12. The molecule has 2 saturated heterocycles. The standard InChI is InChI=1S/C30H33N9O3.C4H4O4/c1-20(16-39-19-34-36-37-39)42-28-11-23(3-4-24(28)13-31)25-14-32-30(33-15-25)35-27-6-5-22(12-29(27)40-2)21-7-9-38(10-8-21)26-17-41-18-26;5-3(6)1-2-4(7)8/h3-6,11-12,14-15,19-21,26H,7-10,16-18H2,1-2H3,(H,32,33,35);1-2H,(H,5,6)(H,7,8)/b;2-1+. The normalized spacial score (nSPS) is 15.6. The van der Waals surface area contributed by atoms with Gasteiger partial charge in [-0.2, -0.15) is 5.26 Å². The van der Waals surface area contributed by atoms with Crippen LogP contribution in [0.25, 0.3) is 11.1 Å². The van der Waals surface area contributed by atoms with Crippen molar-refractivity contribution in [1.29, 1.82) is 5.26 Å². The highest BCUT2D eigenvalue weighted by atomic mass is 16.5. The first kappa shape index (κ1) is 35.4. The number of ether oxygens (including phenoxy) is 3. The number of hydrogen-bond acceptors (Lipinski definition) is 13. The van der Waals surface area contributed by atoms with E-state index in [4.69, 9.17) is 24.4 Å². The largest absolute Gasteiger partial charge is 0.495 e. The van der Waals surface area contributed by atoms with Crippen LogP contribution in [0.1, 0.15) is 36.8 Å². The van der Waals surface area contributed by atoms with Crippen LogP contribution in [0.5, 0.6) is 11.5 Å². The zero-order valence-corrected chi connectivity index (χ0v) is 27.5. The highest BCUT2D eigenvalue weighted by Crippen LogP contribution is 2.36. The van der Waals surface area contributed by atoms with Crippen LogP contribution in [0.15, 0.2) is 67.3 Å². The van der Waals surface area contributed by atoms with Gasteiger partial charge in [0.05, 0.1) is 44.2 Å². The lowest BCUT2D eigenvalue weighted by Crippen LogP contribution is -2.51. The quantitative estimate of drug-likeness (QED) is 0.182. The SMILES string of the molecule is COc1cc(C2CCN(C3COC3)CC2)ccc1Nc1ncc(-c2ccc(C#N)c(OC(C)Cn3cnnn3)c2)cn1.O=C(O)/C=C/C(=O)O. The van der Waals surface area contributed by atoms with E-state index in [9.17, 15) is 14.9 Å². The minimum absolute atomic E-state index is 0.254. The van der Waals surface area contributed by atoms with Crippen molar-refractivity contribution in [1.82, 2.24) is 35.1 Å². The lowest BCUT2D eigenvalue weighted by Gasteiger charge is -2.41. The first-order valence-corrected chi connectivity index (χ1v) is 15.9. The lowest BCUT2D eigenvalue weighted by atomic mass is 9.88. The Labute approximate surface area is 287 Å². The van der Waals surface area contributed by atoms with Crippen LogP contribution in [0.3, 0.4) is 0 Å².